The zero-order valence-electron chi connectivity index (χ0n) is 11.7. The third-order valence-electron chi connectivity index (χ3n) is 3.17. The average Bonchev–Trinajstić information content (AvgIpc) is 2.91. The maximum Gasteiger partial charge on any atom is 0.244 e. The van der Waals surface area contributed by atoms with Crippen LogP contribution in [0.1, 0.15) is 25.6 Å². The van der Waals surface area contributed by atoms with Crippen LogP contribution in [-0.4, -0.2) is 47.0 Å². The van der Waals surface area contributed by atoms with Gasteiger partial charge in [0.05, 0.1) is 0 Å². The summed E-state index contributed by atoms with van der Waals surface area (Å²) in [4.78, 5) is 22.4. The summed E-state index contributed by atoms with van der Waals surface area (Å²) in [5.41, 5.74) is 0. The van der Waals surface area contributed by atoms with Gasteiger partial charge in [-0.25, -0.2) is 9.97 Å². The van der Waals surface area contributed by atoms with Gasteiger partial charge in [-0.15, -0.1) is 0 Å². The molecule has 1 atom stereocenters. The maximum absolute atomic E-state index is 12.2. The Hall–Kier alpha value is -1.40. The molecule has 1 aromatic rings. The smallest absolute Gasteiger partial charge is 0.244 e. The number of anilines is 1. The number of rotatable bonds is 5. The Morgan fingerprint density at radius 3 is 2.85 bits per heavy atom. The number of hydrogen-bond acceptors (Lipinski definition) is 5. The number of likely N-dealkylation sites (tertiary alicyclic amines) is 1. The number of amides is 1. The zero-order valence-corrected chi connectivity index (χ0v) is 12.5. The first-order chi connectivity index (χ1) is 9.60. The van der Waals surface area contributed by atoms with Crippen LogP contribution in [0.15, 0.2) is 6.07 Å². The quantitative estimate of drug-likeness (QED) is 0.838. The number of carbonyl (C=O) groups excluding carboxylic acids is 1. The normalized spacial score (nSPS) is 16.2. The Labute approximate surface area is 123 Å². The van der Waals surface area contributed by atoms with Crippen molar-refractivity contribution < 1.29 is 9.53 Å². The van der Waals surface area contributed by atoms with Gasteiger partial charge in [0.25, 0.3) is 0 Å². The van der Waals surface area contributed by atoms with Crippen molar-refractivity contribution in [2.75, 3.05) is 25.5 Å². The van der Waals surface area contributed by atoms with E-state index in [1.54, 1.807) is 13.2 Å². The fraction of sp³-hybridized carbons (Fsp3) is 0.615. The van der Waals surface area contributed by atoms with Crippen molar-refractivity contribution in [1.29, 1.82) is 0 Å². The van der Waals surface area contributed by atoms with Crippen LogP contribution in [0.3, 0.4) is 0 Å². The largest absolute Gasteiger partial charge is 0.377 e. The molecule has 0 aliphatic carbocycles. The van der Waals surface area contributed by atoms with Gasteiger partial charge in [-0.3, -0.25) is 4.79 Å². The van der Waals surface area contributed by atoms with Gasteiger partial charge < -0.3 is 15.0 Å². The molecular formula is C13H19ClN4O2. The molecule has 1 N–H and O–H groups in total. The highest BCUT2D eigenvalue weighted by atomic mass is 35.5. The molecule has 1 fully saturated rings. The molecule has 1 aromatic heterocycles. The van der Waals surface area contributed by atoms with Crippen LogP contribution in [0.4, 0.5) is 5.82 Å². The molecule has 1 aliphatic rings. The minimum atomic E-state index is -0.338. The lowest BCUT2D eigenvalue weighted by molar-refractivity contribution is -0.130. The van der Waals surface area contributed by atoms with Crippen molar-refractivity contribution in [2.24, 2.45) is 0 Å². The number of halogens is 1. The van der Waals surface area contributed by atoms with E-state index in [2.05, 4.69) is 15.3 Å². The second kappa shape index (κ2) is 6.85. The van der Waals surface area contributed by atoms with Gasteiger partial charge in [0.1, 0.15) is 23.6 Å². The molecule has 0 aromatic carbocycles. The minimum Gasteiger partial charge on any atom is -0.377 e. The van der Waals surface area contributed by atoms with E-state index in [9.17, 15) is 4.79 Å². The number of nitrogens with one attached hydrogen (secondary N) is 1. The van der Waals surface area contributed by atoms with Crippen LogP contribution >= 0.6 is 11.6 Å². The molecule has 6 nitrogen and oxygen atoms in total. The van der Waals surface area contributed by atoms with Crippen molar-refractivity contribution in [3.05, 3.63) is 17.0 Å². The van der Waals surface area contributed by atoms with Crippen LogP contribution < -0.4 is 5.32 Å². The highest BCUT2D eigenvalue weighted by Gasteiger charge is 2.23. The first-order valence-corrected chi connectivity index (χ1v) is 7.05. The second-order valence-corrected chi connectivity index (χ2v) is 5.21. The summed E-state index contributed by atoms with van der Waals surface area (Å²) in [5, 5.41) is 3.40. The van der Waals surface area contributed by atoms with E-state index in [1.165, 1.54) is 0 Å². The molecule has 1 saturated heterocycles. The number of aromatic nitrogens is 2. The summed E-state index contributed by atoms with van der Waals surface area (Å²) in [6.07, 6.45) is 2.16. The number of methoxy groups -OCH3 is 1. The Morgan fingerprint density at radius 1 is 1.50 bits per heavy atom. The molecule has 0 saturated carbocycles. The first kappa shape index (κ1) is 15.0. The Kier molecular flexibility index (Phi) is 5.14. The molecule has 0 spiro atoms. The van der Waals surface area contributed by atoms with Crippen molar-refractivity contribution >= 4 is 23.3 Å². The van der Waals surface area contributed by atoms with Crippen LogP contribution in [0.2, 0.25) is 5.15 Å². The third kappa shape index (κ3) is 3.80. The number of hydrogen-bond donors (Lipinski definition) is 1. The van der Waals surface area contributed by atoms with Crippen LogP contribution in [0.25, 0.3) is 0 Å². The first-order valence-electron chi connectivity index (χ1n) is 6.68. The lowest BCUT2D eigenvalue weighted by Crippen LogP contribution is -2.39. The summed E-state index contributed by atoms with van der Waals surface area (Å²) >= 11 is 5.93. The van der Waals surface area contributed by atoms with Gasteiger partial charge in [0.15, 0.2) is 5.82 Å². The standard InChI is InChI=1S/C13H19ClN4O2/c1-9(13(19)18-5-3-4-6-18)15-11-7-10(14)16-12(17-11)8-20-2/h7,9H,3-6,8H2,1-2H3,(H,15,16,17). The second-order valence-electron chi connectivity index (χ2n) is 4.82. The molecule has 0 bridgehead atoms. The molecule has 2 rings (SSSR count). The van der Waals surface area contributed by atoms with E-state index in [0.717, 1.165) is 25.9 Å². The molecule has 0 radical (unpaired) electrons. The van der Waals surface area contributed by atoms with E-state index in [4.69, 9.17) is 16.3 Å². The fourth-order valence-corrected chi connectivity index (χ4v) is 2.43. The van der Waals surface area contributed by atoms with E-state index in [-0.39, 0.29) is 18.6 Å². The van der Waals surface area contributed by atoms with Crippen molar-refractivity contribution in [1.82, 2.24) is 14.9 Å². The topological polar surface area (TPSA) is 67.3 Å². The molecule has 7 heteroatoms. The van der Waals surface area contributed by atoms with Crippen LogP contribution in [0.5, 0.6) is 0 Å². The molecule has 20 heavy (non-hydrogen) atoms. The van der Waals surface area contributed by atoms with Gasteiger partial charge in [-0.1, -0.05) is 11.6 Å². The monoisotopic (exact) mass is 298 g/mol. The number of nitrogens with zero attached hydrogens (tertiary/aromatic N) is 3. The van der Waals surface area contributed by atoms with Gasteiger partial charge >= 0.3 is 0 Å². The Morgan fingerprint density at radius 2 is 2.20 bits per heavy atom. The molecule has 1 unspecified atom stereocenters. The summed E-state index contributed by atoms with van der Waals surface area (Å²) in [6, 6.07) is 1.27. The van der Waals surface area contributed by atoms with Crippen molar-refractivity contribution in [3.8, 4) is 0 Å². The van der Waals surface area contributed by atoms with Gasteiger partial charge in [-0.2, -0.15) is 0 Å². The molecule has 1 amide bonds. The van der Waals surface area contributed by atoms with E-state index >= 15 is 0 Å². The predicted molar refractivity (Wildman–Crippen MR) is 76.7 cm³/mol. The number of ether oxygens (including phenoxy) is 1. The lowest BCUT2D eigenvalue weighted by atomic mass is 10.3. The van der Waals surface area contributed by atoms with Crippen molar-refractivity contribution in [2.45, 2.75) is 32.4 Å². The minimum absolute atomic E-state index is 0.0885. The average molecular weight is 299 g/mol. The highest BCUT2D eigenvalue weighted by molar-refractivity contribution is 6.29. The maximum atomic E-state index is 12.2. The Bertz CT molecular complexity index is 477. The van der Waals surface area contributed by atoms with Crippen LogP contribution in [0, 0.1) is 0 Å². The fourth-order valence-electron chi connectivity index (χ4n) is 2.23. The van der Waals surface area contributed by atoms with E-state index < -0.39 is 0 Å². The predicted octanol–water partition coefficient (Wildman–Crippen LogP) is 1.70. The molecule has 110 valence electrons. The van der Waals surface area contributed by atoms with E-state index in [1.807, 2.05) is 11.8 Å². The SMILES string of the molecule is COCc1nc(Cl)cc(NC(C)C(=O)N2CCCC2)n1. The van der Waals surface area contributed by atoms with E-state index in [0.29, 0.717) is 16.8 Å². The summed E-state index contributed by atoms with van der Waals surface area (Å²) < 4.78 is 4.99. The highest BCUT2D eigenvalue weighted by Crippen LogP contribution is 2.15. The molecule has 2 heterocycles. The molecule has 1 aliphatic heterocycles. The Balaban J connectivity index is 2.02. The molecular weight excluding hydrogens is 280 g/mol. The summed E-state index contributed by atoms with van der Waals surface area (Å²) in [5.74, 6) is 1.12. The number of carbonyl (C=O) groups is 1. The van der Waals surface area contributed by atoms with Crippen molar-refractivity contribution in [3.63, 3.8) is 0 Å². The lowest BCUT2D eigenvalue weighted by Gasteiger charge is -2.21. The van der Waals surface area contributed by atoms with Crippen LogP contribution in [-0.2, 0) is 16.1 Å². The van der Waals surface area contributed by atoms with Gasteiger partial charge in [0.2, 0.25) is 5.91 Å². The summed E-state index contributed by atoms with van der Waals surface area (Å²) in [7, 11) is 1.57. The third-order valence-corrected chi connectivity index (χ3v) is 3.36. The van der Waals surface area contributed by atoms with Gasteiger partial charge in [0, 0.05) is 26.3 Å². The van der Waals surface area contributed by atoms with Gasteiger partial charge in [-0.05, 0) is 19.8 Å². The summed E-state index contributed by atoms with van der Waals surface area (Å²) in [6.45, 7) is 3.78. The zero-order chi connectivity index (χ0) is 14.5.